The first kappa shape index (κ1) is 15.0. The van der Waals surface area contributed by atoms with E-state index in [9.17, 15) is 13.2 Å². The molecular weight excluding hydrogens is 366 g/mol. The molecule has 3 rings (SSSR count). The highest BCUT2D eigenvalue weighted by Gasteiger charge is 2.24. The zero-order chi connectivity index (χ0) is 15.9. The van der Waals surface area contributed by atoms with Gasteiger partial charge in [0.1, 0.15) is 0 Å². The van der Waals surface area contributed by atoms with Gasteiger partial charge in [0, 0.05) is 21.1 Å². The quantitative estimate of drug-likeness (QED) is 0.652. The van der Waals surface area contributed by atoms with E-state index < -0.39 is 10.0 Å². The van der Waals surface area contributed by atoms with Crippen molar-refractivity contribution in [2.45, 2.75) is 11.8 Å². The van der Waals surface area contributed by atoms with Crippen LogP contribution >= 0.6 is 15.9 Å². The number of fused-ring (bicyclic) bond motifs is 1. The Balaban J connectivity index is 2.42. The molecule has 4 nitrogen and oxygen atoms in total. The van der Waals surface area contributed by atoms with Gasteiger partial charge in [-0.1, -0.05) is 34.1 Å². The minimum Gasteiger partial charge on any atom is -0.298 e. The molecule has 0 aliphatic carbocycles. The Labute approximate surface area is 136 Å². The van der Waals surface area contributed by atoms with E-state index in [0.717, 1.165) is 4.47 Å². The zero-order valence-corrected chi connectivity index (χ0v) is 14.1. The van der Waals surface area contributed by atoms with Crippen LogP contribution in [0.25, 0.3) is 10.9 Å². The molecule has 0 saturated carbocycles. The Morgan fingerprint density at radius 3 is 2.41 bits per heavy atom. The van der Waals surface area contributed by atoms with Crippen molar-refractivity contribution in [3.05, 3.63) is 64.3 Å². The van der Waals surface area contributed by atoms with E-state index in [1.807, 2.05) is 0 Å². The highest BCUT2D eigenvalue weighted by Crippen LogP contribution is 2.30. The Morgan fingerprint density at radius 1 is 1.09 bits per heavy atom. The van der Waals surface area contributed by atoms with Crippen molar-refractivity contribution in [3.63, 3.8) is 0 Å². The second-order valence-electron chi connectivity index (χ2n) is 4.86. The smallest absolute Gasteiger partial charge is 0.268 e. The van der Waals surface area contributed by atoms with E-state index in [-0.39, 0.29) is 4.90 Å². The van der Waals surface area contributed by atoms with E-state index in [2.05, 4.69) is 15.9 Å². The summed E-state index contributed by atoms with van der Waals surface area (Å²) in [6.45, 7) is 1.64. The first-order chi connectivity index (χ1) is 10.5. The Kier molecular flexibility index (Phi) is 3.66. The number of hydrogen-bond acceptors (Lipinski definition) is 3. The van der Waals surface area contributed by atoms with Crippen LogP contribution in [0.2, 0.25) is 0 Å². The third-order valence-electron chi connectivity index (χ3n) is 3.56. The molecular formula is C16H12BrNO3S. The van der Waals surface area contributed by atoms with E-state index in [1.54, 1.807) is 55.5 Å². The van der Waals surface area contributed by atoms with Gasteiger partial charge >= 0.3 is 0 Å². The molecule has 6 heteroatoms. The van der Waals surface area contributed by atoms with Gasteiger partial charge in [0.15, 0.2) is 6.29 Å². The number of carbonyl (C=O) groups excluding carboxylic acids is 1. The van der Waals surface area contributed by atoms with Gasteiger partial charge in [-0.2, -0.15) is 0 Å². The fourth-order valence-electron chi connectivity index (χ4n) is 2.54. The number of carbonyl (C=O) groups is 1. The van der Waals surface area contributed by atoms with Crippen LogP contribution in [0.1, 0.15) is 16.1 Å². The van der Waals surface area contributed by atoms with Gasteiger partial charge < -0.3 is 0 Å². The van der Waals surface area contributed by atoms with E-state index in [4.69, 9.17) is 0 Å². The number of aromatic nitrogens is 1. The van der Waals surface area contributed by atoms with Crippen LogP contribution in [0.15, 0.2) is 57.9 Å². The van der Waals surface area contributed by atoms with E-state index >= 15 is 0 Å². The summed E-state index contributed by atoms with van der Waals surface area (Å²) in [4.78, 5) is 11.6. The lowest BCUT2D eigenvalue weighted by molar-refractivity contribution is 0.112. The molecule has 0 N–H and O–H groups in total. The van der Waals surface area contributed by atoms with Gasteiger partial charge in [0.2, 0.25) is 0 Å². The summed E-state index contributed by atoms with van der Waals surface area (Å²) in [6, 6.07) is 13.4. The van der Waals surface area contributed by atoms with Gasteiger partial charge in [0.05, 0.1) is 10.4 Å². The summed E-state index contributed by atoms with van der Waals surface area (Å²) in [6.07, 6.45) is 0.696. The second kappa shape index (κ2) is 5.37. The lowest BCUT2D eigenvalue weighted by Gasteiger charge is -2.10. The summed E-state index contributed by atoms with van der Waals surface area (Å²) in [5, 5.41) is 0.612. The molecule has 1 aromatic heterocycles. The largest absolute Gasteiger partial charge is 0.298 e. The Hall–Kier alpha value is -1.92. The molecule has 0 saturated heterocycles. The first-order valence-electron chi connectivity index (χ1n) is 6.53. The van der Waals surface area contributed by atoms with Gasteiger partial charge in [-0.15, -0.1) is 0 Å². The molecule has 0 aliphatic heterocycles. The van der Waals surface area contributed by atoms with E-state index in [0.29, 0.717) is 28.4 Å². The highest BCUT2D eigenvalue weighted by atomic mass is 79.9. The molecule has 0 fully saturated rings. The number of aldehydes is 1. The van der Waals surface area contributed by atoms with Gasteiger partial charge in [-0.3, -0.25) is 4.79 Å². The monoisotopic (exact) mass is 377 g/mol. The standard InChI is InChI=1S/C16H12BrNO3S/c1-11-15(10-19)14-9-12(17)7-8-16(14)18(11)22(20,21)13-5-3-2-4-6-13/h2-10H,1H3. The highest BCUT2D eigenvalue weighted by molar-refractivity contribution is 9.10. The van der Waals surface area contributed by atoms with Crippen molar-refractivity contribution in [3.8, 4) is 0 Å². The molecule has 0 radical (unpaired) electrons. The van der Waals surface area contributed by atoms with E-state index in [1.165, 1.54) is 3.97 Å². The van der Waals surface area contributed by atoms with Gasteiger partial charge in [0.25, 0.3) is 10.0 Å². The van der Waals surface area contributed by atoms with Crippen LogP contribution < -0.4 is 0 Å². The topological polar surface area (TPSA) is 56.1 Å². The number of nitrogens with zero attached hydrogens (tertiary/aromatic N) is 1. The number of halogens is 1. The maximum absolute atomic E-state index is 12.9. The lowest BCUT2D eigenvalue weighted by atomic mass is 10.1. The molecule has 0 amide bonds. The molecule has 0 bridgehead atoms. The molecule has 3 aromatic rings. The predicted octanol–water partition coefficient (Wildman–Crippen LogP) is 3.76. The maximum atomic E-state index is 12.9. The second-order valence-corrected chi connectivity index (χ2v) is 7.56. The summed E-state index contributed by atoms with van der Waals surface area (Å²) in [5.74, 6) is 0. The summed E-state index contributed by atoms with van der Waals surface area (Å²) in [7, 11) is -3.76. The van der Waals surface area contributed by atoms with Crippen LogP contribution in [-0.4, -0.2) is 18.7 Å². The SMILES string of the molecule is Cc1c(C=O)c2cc(Br)ccc2n1S(=O)(=O)c1ccccc1. The molecule has 0 aliphatic rings. The van der Waals surface area contributed by atoms with Crippen LogP contribution in [-0.2, 0) is 10.0 Å². The van der Waals surface area contributed by atoms with Crippen LogP contribution in [0.5, 0.6) is 0 Å². The van der Waals surface area contributed by atoms with Crippen molar-refractivity contribution >= 4 is 43.1 Å². The average molecular weight is 378 g/mol. The van der Waals surface area contributed by atoms with Crippen molar-refractivity contribution in [2.24, 2.45) is 0 Å². The molecule has 0 unspecified atom stereocenters. The van der Waals surface area contributed by atoms with Crippen LogP contribution in [0, 0.1) is 6.92 Å². The summed E-state index contributed by atoms with van der Waals surface area (Å²) >= 11 is 3.35. The van der Waals surface area contributed by atoms with Crippen molar-refractivity contribution < 1.29 is 13.2 Å². The minimum absolute atomic E-state index is 0.190. The third kappa shape index (κ3) is 2.19. The zero-order valence-electron chi connectivity index (χ0n) is 11.7. The Morgan fingerprint density at radius 2 is 1.77 bits per heavy atom. The van der Waals surface area contributed by atoms with Crippen molar-refractivity contribution in [1.82, 2.24) is 3.97 Å². The number of benzene rings is 2. The summed E-state index contributed by atoms with van der Waals surface area (Å²) < 4.78 is 27.9. The fourth-order valence-corrected chi connectivity index (χ4v) is 4.49. The van der Waals surface area contributed by atoms with Crippen molar-refractivity contribution in [2.75, 3.05) is 0 Å². The number of hydrogen-bond donors (Lipinski definition) is 0. The van der Waals surface area contributed by atoms with Crippen LogP contribution in [0.4, 0.5) is 0 Å². The third-order valence-corrected chi connectivity index (χ3v) is 5.87. The first-order valence-corrected chi connectivity index (χ1v) is 8.76. The molecule has 0 spiro atoms. The average Bonchev–Trinajstić information content (AvgIpc) is 2.79. The molecule has 0 atom stereocenters. The lowest BCUT2D eigenvalue weighted by Crippen LogP contribution is -2.14. The fraction of sp³-hybridized carbons (Fsp3) is 0.0625. The molecule has 22 heavy (non-hydrogen) atoms. The number of rotatable bonds is 3. The molecule has 2 aromatic carbocycles. The van der Waals surface area contributed by atoms with Crippen LogP contribution in [0.3, 0.4) is 0 Å². The van der Waals surface area contributed by atoms with Gasteiger partial charge in [-0.05, 0) is 37.3 Å². The maximum Gasteiger partial charge on any atom is 0.268 e. The Bertz CT molecular complexity index is 976. The summed E-state index contributed by atoms with van der Waals surface area (Å²) in [5.41, 5.74) is 1.29. The van der Waals surface area contributed by atoms with Gasteiger partial charge in [-0.25, -0.2) is 12.4 Å². The predicted molar refractivity (Wildman–Crippen MR) is 88.8 cm³/mol. The molecule has 1 heterocycles. The minimum atomic E-state index is -3.76. The molecule has 112 valence electrons. The van der Waals surface area contributed by atoms with Crippen molar-refractivity contribution in [1.29, 1.82) is 0 Å². The normalized spacial score (nSPS) is 11.7.